The Hall–Kier alpha value is -0.0800. The molecule has 1 unspecified atom stereocenters. The zero-order valence-corrected chi connectivity index (χ0v) is 9.72. The van der Waals surface area contributed by atoms with Gasteiger partial charge in [-0.1, -0.05) is 19.3 Å². The second kappa shape index (κ2) is 7.24. The minimum Gasteiger partial charge on any atom is -0.381 e. The van der Waals surface area contributed by atoms with Gasteiger partial charge in [-0.15, -0.1) is 0 Å². The minimum atomic E-state index is 0.630. The minimum absolute atomic E-state index is 0.630. The molecule has 2 heteroatoms. The molecule has 0 aliphatic heterocycles. The maximum absolute atomic E-state index is 5.61. The van der Waals surface area contributed by atoms with Crippen LogP contribution in [-0.2, 0) is 4.74 Å². The van der Waals surface area contributed by atoms with Crippen LogP contribution >= 0.6 is 0 Å². The Balaban J connectivity index is 1.75. The zero-order chi connectivity index (χ0) is 10.2. The van der Waals surface area contributed by atoms with Gasteiger partial charge in [-0.3, -0.25) is 0 Å². The normalized spacial score (nSPS) is 19.3. The molecule has 1 aliphatic rings. The summed E-state index contributed by atoms with van der Waals surface area (Å²) in [6.07, 6.45) is 8.04. The largest absolute Gasteiger partial charge is 0.381 e. The molecule has 1 aliphatic carbocycles. The molecule has 0 radical (unpaired) electrons. The molecular formula is C12H25NO. The van der Waals surface area contributed by atoms with Crippen molar-refractivity contribution >= 4 is 0 Å². The van der Waals surface area contributed by atoms with E-state index in [1.54, 1.807) is 0 Å². The van der Waals surface area contributed by atoms with Crippen LogP contribution in [0, 0.1) is 5.92 Å². The van der Waals surface area contributed by atoms with E-state index < -0.39 is 0 Å². The van der Waals surface area contributed by atoms with Crippen LogP contribution in [0.3, 0.4) is 0 Å². The van der Waals surface area contributed by atoms with E-state index in [1.165, 1.54) is 38.5 Å². The molecular weight excluding hydrogens is 174 g/mol. The molecule has 0 amide bonds. The SMILES string of the molecule is CNC(C)CCCOCCC1CCC1. The smallest absolute Gasteiger partial charge is 0.0468 e. The van der Waals surface area contributed by atoms with Crippen molar-refractivity contribution in [1.29, 1.82) is 0 Å². The third-order valence-electron chi connectivity index (χ3n) is 3.31. The van der Waals surface area contributed by atoms with Crippen molar-refractivity contribution in [3.63, 3.8) is 0 Å². The lowest BCUT2D eigenvalue weighted by Gasteiger charge is -2.24. The van der Waals surface area contributed by atoms with Gasteiger partial charge in [-0.25, -0.2) is 0 Å². The lowest BCUT2D eigenvalue weighted by Crippen LogP contribution is -2.21. The highest BCUT2D eigenvalue weighted by molar-refractivity contribution is 4.68. The van der Waals surface area contributed by atoms with Crippen LogP contribution in [0.25, 0.3) is 0 Å². The summed E-state index contributed by atoms with van der Waals surface area (Å²) in [5.41, 5.74) is 0. The van der Waals surface area contributed by atoms with E-state index in [-0.39, 0.29) is 0 Å². The maximum Gasteiger partial charge on any atom is 0.0468 e. The molecule has 0 aromatic heterocycles. The highest BCUT2D eigenvalue weighted by Gasteiger charge is 2.16. The van der Waals surface area contributed by atoms with Crippen molar-refractivity contribution in [3.8, 4) is 0 Å². The van der Waals surface area contributed by atoms with Crippen LogP contribution in [0.2, 0.25) is 0 Å². The molecule has 2 nitrogen and oxygen atoms in total. The van der Waals surface area contributed by atoms with Crippen LogP contribution < -0.4 is 5.32 Å². The van der Waals surface area contributed by atoms with Gasteiger partial charge >= 0.3 is 0 Å². The first-order chi connectivity index (χ1) is 6.83. The van der Waals surface area contributed by atoms with Crippen LogP contribution in [0.5, 0.6) is 0 Å². The summed E-state index contributed by atoms with van der Waals surface area (Å²) >= 11 is 0. The van der Waals surface area contributed by atoms with Gasteiger partial charge in [0.2, 0.25) is 0 Å². The standard InChI is InChI=1S/C12H25NO/c1-11(13-2)5-4-9-14-10-8-12-6-3-7-12/h11-13H,3-10H2,1-2H3. The first kappa shape index (κ1) is 12.0. The Kier molecular flexibility index (Phi) is 6.20. The van der Waals surface area contributed by atoms with E-state index >= 15 is 0 Å². The topological polar surface area (TPSA) is 21.3 Å². The summed E-state index contributed by atoms with van der Waals surface area (Å²) in [4.78, 5) is 0. The molecule has 1 atom stereocenters. The Morgan fingerprint density at radius 1 is 1.36 bits per heavy atom. The molecule has 0 heterocycles. The van der Waals surface area contributed by atoms with Crippen molar-refractivity contribution in [1.82, 2.24) is 5.32 Å². The quantitative estimate of drug-likeness (QED) is 0.607. The maximum atomic E-state index is 5.61. The average molecular weight is 199 g/mol. The molecule has 0 aromatic carbocycles. The van der Waals surface area contributed by atoms with Crippen molar-refractivity contribution in [2.75, 3.05) is 20.3 Å². The van der Waals surface area contributed by atoms with E-state index in [0.29, 0.717) is 6.04 Å². The summed E-state index contributed by atoms with van der Waals surface area (Å²) < 4.78 is 5.61. The summed E-state index contributed by atoms with van der Waals surface area (Å²) in [7, 11) is 2.02. The summed E-state index contributed by atoms with van der Waals surface area (Å²) in [5, 5.41) is 3.24. The van der Waals surface area contributed by atoms with Crippen molar-refractivity contribution < 1.29 is 4.74 Å². The lowest BCUT2D eigenvalue weighted by molar-refractivity contribution is 0.102. The van der Waals surface area contributed by atoms with Crippen LogP contribution in [0.4, 0.5) is 0 Å². The van der Waals surface area contributed by atoms with E-state index in [2.05, 4.69) is 12.2 Å². The first-order valence-electron chi connectivity index (χ1n) is 6.08. The Labute approximate surface area is 88.4 Å². The Bertz CT molecular complexity index is 126. The predicted octanol–water partition coefficient (Wildman–Crippen LogP) is 2.58. The third-order valence-corrected chi connectivity index (χ3v) is 3.31. The fraction of sp³-hybridized carbons (Fsp3) is 1.00. The van der Waals surface area contributed by atoms with Crippen molar-refractivity contribution in [3.05, 3.63) is 0 Å². The van der Waals surface area contributed by atoms with Crippen molar-refractivity contribution in [2.45, 2.75) is 51.5 Å². The molecule has 0 bridgehead atoms. The highest BCUT2D eigenvalue weighted by atomic mass is 16.5. The van der Waals surface area contributed by atoms with E-state index in [1.807, 2.05) is 7.05 Å². The summed E-state index contributed by atoms with van der Waals surface area (Å²) in [6.45, 7) is 4.14. The van der Waals surface area contributed by atoms with E-state index in [9.17, 15) is 0 Å². The molecule has 1 saturated carbocycles. The molecule has 14 heavy (non-hydrogen) atoms. The molecule has 0 saturated heterocycles. The zero-order valence-electron chi connectivity index (χ0n) is 9.72. The van der Waals surface area contributed by atoms with Crippen molar-refractivity contribution in [2.24, 2.45) is 5.92 Å². The molecule has 1 rings (SSSR count). The molecule has 1 N–H and O–H groups in total. The first-order valence-corrected chi connectivity index (χ1v) is 6.08. The van der Waals surface area contributed by atoms with Crippen LogP contribution in [-0.4, -0.2) is 26.3 Å². The molecule has 84 valence electrons. The summed E-state index contributed by atoms with van der Waals surface area (Å²) in [6, 6.07) is 0.630. The monoisotopic (exact) mass is 199 g/mol. The average Bonchev–Trinajstić information content (AvgIpc) is 2.13. The number of nitrogens with one attached hydrogen (secondary N) is 1. The fourth-order valence-electron chi connectivity index (χ4n) is 1.77. The molecule has 0 spiro atoms. The predicted molar refractivity (Wildman–Crippen MR) is 60.5 cm³/mol. The molecule has 0 aromatic rings. The van der Waals surface area contributed by atoms with E-state index in [0.717, 1.165) is 19.1 Å². The van der Waals surface area contributed by atoms with Gasteiger partial charge in [0.25, 0.3) is 0 Å². The Morgan fingerprint density at radius 2 is 2.14 bits per heavy atom. The van der Waals surface area contributed by atoms with Gasteiger partial charge in [-0.2, -0.15) is 0 Å². The van der Waals surface area contributed by atoms with Crippen LogP contribution in [0.1, 0.15) is 45.4 Å². The van der Waals surface area contributed by atoms with Crippen LogP contribution in [0.15, 0.2) is 0 Å². The van der Waals surface area contributed by atoms with Gasteiger partial charge in [0, 0.05) is 19.3 Å². The second-order valence-electron chi connectivity index (χ2n) is 4.53. The molecule has 1 fully saturated rings. The van der Waals surface area contributed by atoms with Gasteiger partial charge in [0.05, 0.1) is 0 Å². The number of ether oxygens (including phenoxy) is 1. The van der Waals surface area contributed by atoms with Gasteiger partial charge < -0.3 is 10.1 Å². The highest BCUT2D eigenvalue weighted by Crippen LogP contribution is 2.29. The van der Waals surface area contributed by atoms with Gasteiger partial charge in [0.1, 0.15) is 0 Å². The van der Waals surface area contributed by atoms with Gasteiger partial charge in [0.15, 0.2) is 0 Å². The number of hydrogen-bond donors (Lipinski definition) is 1. The second-order valence-corrected chi connectivity index (χ2v) is 4.53. The van der Waals surface area contributed by atoms with Gasteiger partial charge in [-0.05, 0) is 39.2 Å². The number of rotatable bonds is 8. The third kappa shape index (κ3) is 4.97. The fourth-order valence-corrected chi connectivity index (χ4v) is 1.77. The number of hydrogen-bond acceptors (Lipinski definition) is 2. The lowest BCUT2D eigenvalue weighted by atomic mass is 9.83. The van der Waals surface area contributed by atoms with E-state index in [4.69, 9.17) is 4.74 Å². The Morgan fingerprint density at radius 3 is 2.71 bits per heavy atom. The summed E-state index contributed by atoms with van der Waals surface area (Å²) in [5.74, 6) is 0.992.